The van der Waals surface area contributed by atoms with Crippen LogP contribution >= 0.6 is 0 Å². The molecule has 7 nitrogen and oxygen atoms in total. The topological polar surface area (TPSA) is 102 Å². The van der Waals surface area contributed by atoms with Crippen molar-refractivity contribution in [1.29, 1.82) is 5.26 Å². The Kier molecular flexibility index (Phi) is 11.5. The maximum Gasteiger partial charge on any atom is 0.354 e. The van der Waals surface area contributed by atoms with E-state index >= 15 is 0 Å². The quantitative estimate of drug-likeness (QED) is 0.502. The molecule has 1 aromatic heterocycles. The fraction of sp³-hybridized carbons (Fsp3) is 0.500. The largest absolute Gasteiger partial charge is 0.487 e. The minimum Gasteiger partial charge on any atom is -0.487 e. The van der Waals surface area contributed by atoms with E-state index in [2.05, 4.69) is 0 Å². The van der Waals surface area contributed by atoms with Gasteiger partial charge in [0, 0.05) is 18.6 Å². The van der Waals surface area contributed by atoms with Gasteiger partial charge in [0.1, 0.15) is 18.2 Å². The van der Waals surface area contributed by atoms with Crippen molar-refractivity contribution in [1.82, 2.24) is 0 Å². The first-order valence-electron chi connectivity index (χ1n) is 9.04. The molecule has 1 aromatic carbocycles. The molecule has 0 saturated carbocycles. The summed E-state index contributed by atoms with van der Waals surface area (Å²) in [6, 6.07) is 8.57. The highest BCUT2D eigenvalue weighted by molar-refractivity contribution is 5.83. The first-order valence-corrected chi connectivity index (χ1v) is 9.04. The van der Waals surface area contributed by atoms with Gasteiger partial charge in [0.25, 0.3) is 0 Å². The van der Waals surface area contributed by atoms with Gasteiger partial charge < -0.3 is 23.7 Å². The molecule has 0 unspecified atom stereocenters. The average molecular weight is 377 g/mol. The smallest absolute Gasteiger partial charge is 0.354 e. The van der Waals surface area contributed by atoms with E-state index in [4.69, 9.17) is 29.0 Å². The van der Waals surface area contributed by atoms with Gasteiger partial charge in [-0.2, -0.15) is 5.26 Å². The van der Waals surface area contributed by atoms with E-state index in [1.807, 2.05) is 13.8 Å². The van der Waals surface area contributed by atoms with Crippen LogP contribution in [-0.4, -0.2) is 44.7 Å². The van der Waals surface area contributed by atoms with E-state index in [1.165, 1.54) is 6.07 Å². The van der Waals surface area contributed by atoms with Gasteiger partial charge in [0.05, 0.1) is 19.8 Å². The summed E-state index contributed by atoms with van der Waals surface area (Å²) in [5.74, 6) is 0.476. The summed E-state index contributed by atoms with van der Waals surface area (Å²) in [5.41, 5.74) is -0.314. The third-order valence-corrected chi connectivity index (χ3v) is 3.26. The molecule has 0 aliphatic heterocycles. The molecule has 0 fully saturated rings. The highest BCUT2D eigenvalue weighted by atomic mass is 16.5. The maximum atomic E-state index is 11.6. The Balaban J connectivity index is 0.000000445. The number of benzene rings is 1. The van der Waals surface area contributed by atoms with Gasteiger partial charge in [-0.3, -0.25) is 0 Å². The van der Waals surface area contributed by atoms with E-state index in [1.54, 1.807) is 24.3 Å². The van der Waals surface area contributed by atoms with E-state index in [9.17, 15) is 4.79 Å². The number of aliphatic hydroxyl groups is 1. The lowest BCUT2D eigenvalue weighted by atomic mass is 10.2. The predicted molar refractivity (Wildman–Crippen MR) is 102 cm³/mol. The summed E-state index contributed by atoms with van der Waals surface area (Å²) in [5, 5.41) is 17.6. The van der Waals surface area contributed by atoms with E-state index in [0.717, 1.165) is 19.4 Å². The molecule has 0 radical (unpaired) electrons. The monoisotopic (exact) mass is 377 g/mol. The Morgan fingerprint density at radius 1 is 1.07 bits per heavy atom. The van der Waals surface area contributed by atoms with Gasteiger partial charge in [-0.1, -0.05) is 26.0 Å². The number of nitriles is 1. The minimum atomic E-state index is -0.654. The van der Waals surface area contributed by atoms with Crippen LogP contribution in [0.1, 0.15) is 32.3 Å². The summed E-state index contributed by atoms with van der Waals surface area (Å²) in [7, 11) is 0. The van der Waals surface area contributed by atoms with Crippen LogP contribution < -0.4 is 10.4 Å². The van der Waals surface area contributed by atoms with Crippen molar-refractivity contribution in [3.05, 3.63) is 40.2 Å². The van der Waals surface area contributed by atoms with Crippen LogP contribution in [-0.2, 0) is 9.47 Å². The third-order valence-electron chi connectivity index (χ3n) is 3.26. The molecule has 0 spiro atoms. The van der Waals surface area contributed by atoms with E-state index < -0.39 is 5.63 Å². The van der Waals surface area contributed by atoms with Crippen molar-refractivity contribution in [2.75, 3.05) is 39.6 Å². The lowest BCUT2D eigenvalue weighted by Gasteiger charge is -2.08. The molecule has 0 bridgehead atoms. The summed E-state index contributed by atoms with van der Waals surface area (Å²) >= 11 is 0. The summed E-state index contributed by atoms with van der Waals surface area (Å²) in [6.45, 7) is 7.01. The number of ether oxygens (including phenoxy) is 3. The number of fused-ring (bicyclic) bond motifs is 1. The summed E-state index contributed by atoms with van der Waals surface area (Å²) in [6.07, 6.45) is 1.99. The van der Waals surface area contributed by atoms with Crippen LogP contribution in [0, 0.1) is 11.3 Å². The molecule has 0 amide bonds. The van der Waals surface area contributed by atoms with Gasteiger partial charge in [0.2, 0.25) is 0 Å². The normalized spacial score (nSPS) is 10.1. The summed E-state index contributed by atoms with van der Waals surface area (Å²) < 4.78 is 20.9. The van der Waals surface area contributed by atoms with E-state index in [-0.39, 0.29) is 12.2 Å². The molecular formula is C20H27NO6. The second kappa shape index (κ2) is 13.8. The Morgan fingerprint density at radius 3 is 2.41 bits per heavy atom. The molecule has 1 N–H and O–H groups in total. The second-order valence-corrected chi connectivity index (χ2v) is 5.53. The van der Waals surface area contributed by atoms with Crippen LogP contribution in [0.3, 0.4) is 0 Å². The van der Waals surface area contributed by atoms with Crippen LogP contribution in [0.4, 0.5) is 0 Å². The Hall–Kier alpha value is -2.40. The van der Waals surface area contributed by atoms with Gasteiger partial charge >= 0.3 is 5.63 Å². The van der Waals surface area contributed by atoms with Crippen molar-refractivity contribution < 1.29 is 23.7 Å². The number of aliphatic hydroxyl groups excluding tert-OH is 1. The number of rotatable bonds is 10. The first-order chi connectivity index (χ1) is 13.2. The summed E-state index contributed by atoms with van der Waals surface area (Å²) in [4.78, 5) is 11.6. The fourth-order valence-corrected chi connectivity index (χ4v) is 2.08. The SMILES string of the molecule is CCCOCCO.CCCOCCOc1cccc2cc(C#N)c(=O)oc12. The predicted octanol–water partition coefficient (Wildman–Crippen LogP) is 2.88. The lowest BCUT2D eigenvalue weighted by molar-refractivity contribution is 0.0928. The van der Waals surface area contributed by atoms with Crippen molar-refractivity contribution in [3.8, 4) is 11.8 Å². The third kappa shape index (κ3) is 8.22. The molecule has 0 aliphatic rings. The Morgan fingerprint density at radius 2 is 1.78 bits per heavy atom. The number of nitrogens with zero attached hydrogens (tertiary/aromatic N) is 1. The zero-order valence-corrected chi connectivity index (χ0v) is 15.9. The molecule has 0 atom stereocenters. The minimum absolute atomic E-state index is 0.0130. The van der Waals surface area contributed by atoms with Gasteiger partial charge in [-0.25, -0.2) is 4.79 Å². The molecule has 1 heterocycles. The first kappa shape index (κ1) is 22.6. The molecule has 148 valence electrons. The van der Waals surface area contributed by atoms with Crippen molar-refractivity contribution >= 4 is 11.0 Å². The molecule has 27 heavy (non-hydrogen) atoms. The Bertz CT molecular complexity index is 761. The van der Waals surface area contributed by atoms with Gasteiger partial charge in [-0.15, -0.1) is 0 Å². The van der Waals surface area contributed by atoms with E-state index in [0.29, 0.717) is 43.1 Å². The van der Waals surface area contributed by atoms with Crippen molar-refractivity contribution in [2.45, 2.75) is 26.7 Å². The lowest BCUT2D eigenvalue weighted by Crippen LogP contribution is -2.08. The van der Waals surface area contributed by atoms with Crippen LogP contribution in [0.15, 0.2) is 33.5 Å². The van der Waals surface area contributed by atoms with Gasteiger partial charge in [-0.05, 0) is 25.0 Å². The van der Waals surface area contributed by atoms with Gasteiger partial charge in [0.15, 0.2) is 11.3 Å². The molecule has 2 rings (SSSR count). The zero-order chi connectivity index (χ0) is 19.9. The molecule has 2 aromatic rings. The van der Waals surface area contributed by atoms with Crippen LogP contribution in [0.2, 0.25) is 0 Å². The highest BCUT2D eigenvalue weighted by Gasteiger charge is 2.09. The second-order valence-electron chi connectivity index (χ2n) is 5.53. The van der Waals surface area contributed by atoms with Crippen LogP contribution in [0.5, 0.6) is 5.75 Å². The molecule has 0 saturated heterocycles. The number of hydrogen-bond donors (Lipinski definition) is 1. The average Bonchev–Trinajstić information content (AvgIpc) is 2.68. The van der Waals surface area contributed by atoms with Crippen LogP contribution in [0.25, 0.3) is 11.0 Å². The number of hydrogen-bond acceptors (Lipinski definition) is 7. The molecule has 0 aliphatic carbocycles. The zero-order valence-electron chi connectivity index (χ0n) is 15.9. The van der Waals surface area contributed by atoms with Crippen molar-refractivity contribution in [2.24, 2.45) is 0 Å². The molecule has 7 heteroatoms. The Labute approximate surface area is 159 Å². The highest BCUT2D eigenvalue weighted by Crippen LogP contribution is 2.24. The molecular weight excluding hydrogens is 350 g/mol. The standard InChI is InChI=1S/C15H15NO4.C5H12O2/c1-2-6-18-7-8-19-13-5-3-4-11-9-12(10-16)15(17)20-14(11)13;1-2-4-7-5-3-6/h3-5,9H,2,6-8H2,1H3;6H,2-5H2,1H3. The number of para-hydroxylation sites is 1. The maximum absolute atomic E-state index is 11.6. The van der Waals surface area contributed by atoms with Crippen molar-refractivity contribution in [3.63, 3.8) is 0 Å². The fourth-order valence-electron chi connectivity index (χ4n) is 2.08.